The lowest BCUT2D eigenvalue weighted by Crippen LogP contribution is -2.30. The van der Waals surface area contributed by atoms with Gasteiger partial charge in [-0.05, 0) is 30.5 Å². The van der Waals surface area contributed by atoms with E-state index in [1.165, 1.54) is 11.1 Å². The number of aliphatic hydroxyl groups is 1. The molecule has 20 heavy (non-hydrogen) atoms. The van der Waals surface area contributed by atoms with Gasteiger partial charge >= 0.3 is 0 Å². The maximum atomic E-state index is 10.6. The van der Waals surface area contributed by atoms with Crippen LogP contribution >= 0.6 is 0 Å². The van der Waals surface area contributed by atoms with Gasteiger partial charge < -0.3 is 10.8 Å². The zero-order valence-corrected chi connectivity index (χ0v) is 12.3. The molecule has 2 rings (SSSR count). The van der Waals surface area contributed by atoms with Gasteiger partial charge in [0.1, 0.15) is 0 Å². The molecular weight excluding hydrogens is 246 g/mol. The first-order chi connectivity index (χ1) is 9.48. The van der Waals surface area contributed by atoms with Gasteiger partial charge in [0.15, 0.2) is 0 Å². The van der Waals surface area contributed by atoms with E-state index in [1.807, 2.05) is 31.2 Å². The van der Waals surface area contributed by atoms with Crippen LogP contribution in [0.2, 0.25) is 0 Å². The molecule has 0 fully saturated rings. The standard InChI is InChI=1S/C18H23NO/c1-14-3-5-15(6-4-14)11-18(2,20)12-16-7-9-17(13-19)10-8-16/h3-10,20H,11-13,19H2,1-2H3. The predicted octanol–water partition coefficient (Wildman–Crippen LogP) is 2.99. The highest BCUT2D eigenvalue weighted by molar-refractivity contribution is 5.26. The average Bonchev–Trinajstić information content (AvgIpc) is 2.41. The lowest BCUT2D eigenvalue weighted by atomic mass is 9.89. The molecule has 0 saturated carbocycles. The molecule has 0 aliphatic heterocycles. The summed E-state index contributed by atoms with van der Waals surface area (Å²) in [5.74, 6) is 0. The molecule has 0 aliphatic carbocycles. The lowest BCUT2D eigenvalue weighted by molar-refractivity contribution is 0.0608. The molecule has 2 aromatic rings. The van der Waals surface area contributed by atoms with Crippen LogP contribution in [0.5, 0.6) is 0 Å². The van der Waals surface area contributed by atoms with Crippen LogP contribution in [0.1, 0.15) is 29.2 Å². The summed E-state index contributed by atoms with van der Waals surface area (Å²) in [5.41, 5.74) is 9.52. The van der Waals surface area contributed by atoms with Crippen LogP contribution < -0.4 is 5.73 Å². The highest BCUT2D eigenvalue weighted by atomic mass is 16.3. The molecule has 0 spiro atoms. The zero-order chi connectivity index (χ0) is 14.6. The van der Waals surface area contributed by atoms with Gasteiger partial charge in [-0.1, -0.05) is 54.1 Å². The van der Waals surface area contributed by atoms with Gasteiger partial charge in [0.25, 0.3) is 0 Å². The van der Waals surface area contributed by atoms with Gasteiger partial charge in [0.2, 0.25) is 0 Å². The lowest BCUT2D eigenvalue weighted by Gasteiger charge is -2.23. The van der Waals surface area contributed by atoms with Crippen LogP contribution in [-0.2, 0) is 19.4 Å². The Morgan fingerprint density at radius 2 is 1.25 bits per heavy atom. The largest absolute Gasteiger partial charge is 0.389 e. The first-order valence-corrected chi connectivity index (χ1v) is 7.04. The predicted molar refractivity (Wildman–Crippen MR) is 83.5 cm³/mol. The van der Waals surface area contributed by atoms with E-state index in [9.17, 15) is 5.11 Å². The Bertz CT molecular complexity index is 541. The number of hydrogen-bond donors (Lipinski definition) is 2. The molecule has 2 heteroatoms. The van der Waals surface area contributed by atoms with Crippen molar-refractivity contribution in [2.75, 3.05) is 0 Å². The highest BCUT2D eigenvalue weighted by Crippen LogP contribution is 2.19. The van der Waals surface area contributed by atoms with Crippen molar-refractivity contribution in [3.63, 3.8) is 0 Å². The maximum absolute atomic E-state index is 10.6. The summed E-state index contributed by atoms with van der Waals surface area (Å²) in [6, 6.07) is 16.5. The molecule has 0 bridgehead atoms. The quantitative estimate of drug-likeness (QED) is 0.876. The number of aryl methyl sites for hydroxylation is 1. The minimum atomic E-state index is -0.737. The summed E-state index contributed by atoms with van der Waals surface area (Å²) in [6.45, 7) is 4.52. The summed E-state index contributed by atoms with van der Waals surface area (Å²) in [4.78, 5) is 0. The third-order valence-electron chi connectivity index (χ3n) is 3.55. The maximum Gasteiger partial charge on any atom is 0.0700 e. The van der Waals surface area contributed by atoms with E-state index in [4.69, 9.17) is 5.73 Å². The summed E-state index contributed by atoms with van der Waals surface area (Å²) >= 11 is 0. The number of hydrogen-bond acceptors (Lipinski definition) is 2. The van der Waals surface area contributed by atoms with Crippen LogP contribution in [0.15, 0.2) is 48.5 Å². The van der Waals surface area contributed by atoms with E-state index >= 15 is 0 Å². The zero-order valence-electron chi connectivity index (χ0n) is 12.3. The Balaban J connectivity index is 2.03. The number of rotatable bonds is 5. The van der Waals surface area contributed by atoms with Crippen molar-refractivity contribution in [1.29, 1.82) is 0 Å². The van der Waals surface area contributed by atoms with Crippen LogP contribution in [-0.4, -0.2) is 10.7 Å². The molecule has 106 valence electrons. The third-order valence-corrected chi connectivity index (χ3v) is 3.55. The highest BCUT2D eigenvalue weighted by Gasteiger charge is 2.21. The fourth-order valence-corrected chi connectivity index (χ4v) is 2.44. The first-order valence-electron chi connectivity index (χ1n) is 7.04. The van der Waals surface area contributed by atoms with Gasteiger partial charge in [-0.2, -0.15) is 0 Å². The van der Waals surface area contributed by atoms with Gasteiger partial charge in [0.05, 0.1) is 5.60 Å². The van der Waals surface area contributed by atoms with Crippen LogP contribution in [0.3, 0.4) is 0 Å². The number of benzene rings is 2. The van der Waals surface area contributed by atoms with Gasteiger partial charge in [-0.3, -0.25) is 0 Å². The smallest absolute Gasteiger partial charge is 0.0700 e. The first kappa shape index (κ1) is 14.8. The SMILES string of the molecule is Cc1ccc(CC(C)(O)Cc2ccc(CN)cc2)cc1. The second-order valence-electron chi connectivity index (χ2n) is 5.86. The molecule has 2 aromatic carbocycles. The molecule has 0 amide bonds. The minimum Gasteiger partial charge on any atom is -0.389 e. The third kappa shape index (κ3) is 4.19. The van der Waals surface area contributed by atoms with Crippen LogP contribution in [0.4, 0.5) is 0 Å². The fraction of sp³-hybridized carbons (Fsp3) is 0.333. The molecule has 0 aliphatic rings. The van der Waals surface area contributed by atoms with E-state index in [1.54, 1.807) is 0 Å². The Labute approximate surface area is 121 Å². The van der Waals surface area contributed by atoms with Gasteiger partial charge in [-0.25, -0.2) is 0 Å². The van der Waals surface area contributed by atoms with E-state index in [0.717, 1.165) is 11.1 Å². The van der Waals surface area contributed by atoms with Crippen molar-refractivity contribution in [3.8, 4) is 0 Å². The Morgan fingerprint density at radius 3 is 1.70 bits per heavy atom. The average molecular weight is 269 g/mol. The van der Waals surface area contributed by atoms with Crippen LogP contribution in [0.25, 0.3) is 0 Å². The van der Waals surface area contributed by atoms with Crippen molar-refractivity contribution in [3.05, 3.63) is 70.8 Å². The van der Waals surface area contributed by atoms with E-state index in [-0.39, 0.29) is 0 Å². The topological polar surface area (TPSA) is 46.2 Å². The molecule has 0 heterocycles. The van der Waals surface area contributed by atoms with Crippen LogP contribution in [0, 0.1) is 6.92 Å². The minimum absolute atomic E-state index is 0.556. The molecule has 3 N–H and O–H groups in total. The molecule has 1 atom stereocenters. The van der Waals surface area contributed by atoms with E-state index < -0.39 is 5.60 Å². The van der Waals surface area contributed by atoms with E-state index in [0.29, 0.717) is 19.4 Å². The van der Waals surface area contributed by atoms with Crippen molar-refractivity contribution >= 4 is 0 Å². The monoisotopic (exact) mass is 269 g/mol. The van der Waals surface area contributed by atoms with Gasteiger partial charge in [0, 0.05) is 19.4 Å². The molecule has 0 aromatic heterocycles. The molecule has 0 radical (unpaired) electrons. The summed E-state index contributed by atoms with van der Waals surface area (Å²) < 4.78 is 0. The summed E-state index contributed by atoms with van der Waals surface area (Å²) in [7, 11) is 0. The molecule has 2 nitrogen and oxygen atoms in total. The summed E-state index contributed by atoms with van der Waals surface area (Å²) in [6.07, 6.45) is 1.30. The van der Waals surface area contributed by atoms with Crippen molar-refractivity contribution in [2.45, 2.75) is 38.8 Å². The van der Waals surface area contributed by atoms with E-state index in [2.05, 4.69) is 31.2 Å². The molecule has 1 unspecified atom stereocenters. The molecule has 0 saturated heterocycles. The second-order valence-corrected chi connectivity index (χ2v) is 5.86. The Hall–Kier alpha value is -1.64. The fourth-order valence-electron chi connectivity index (χ4n) is 2.44. The Morgan fingerprint density at radius 1 is 0.850 bits per heavy atom. The number of nitrogens with two attached hydrogens (primary N) is 1. The summed E-state index contributed by atoms with van der Waals surface area (Å²) in [5, 5.41) is 10.6. The van der Waals surface area contributed by atoms with Gasteiger partial charge in [-0.15, -0.1) is 0 Å². The second kappa shape index (κ2) is 6.21. The van der Waals surface area contributed by atoms with Crippen molar-refractivity contribution < 1.29 is 5.11 Å². The van der Waals surface area contributed by atoms with Crippen molar-refractivity contribution in [1.82, 2.24) is 0 Å². The van der Waals surface area contributed by atoms with Crippen molar-refractivity contribution in [2.24, 2.45) is 5.73 Å². The molecular formula is C18H23NO. The Kier molecular flexibility index (Phi) is 4.58. The normalized spacial score (nSPS) is 14.0.